The molecule has 1 atom stereocenters. The highest BCUT2D eigenvalue weighted by Gasteiger charge is 2.12. The predicted molar refractivity (Wildman–Crippen MR) is 44.6 cm³/mol. The van der Waals surface area contributed by atoms with E-state index in [0.717, 1.165) is 13.0 Å². The fourth-order valence-corrected chi connectivity index (χ4v) is 0.924. The van der Waals surface area contributed by atoms with Crippen LogP contribution in [0, 0.1) is 5.92 Å². The monoisotopic (exact) mass is 159 g/mol. The predicted octanol–water partition coefficient (Wildman–Crippen LogP) is 0.447. The highest BCUT2D eigenvalue weighted by Crippen LogP contribution is 2.03. The largest absolute Gasteiger partial charge is 0.384 e. The molecular weight excluding hydrogens is 142 g/mol. The molecule has 11 heavy (non-hydrogen) atoms. The number of carbonyl (C=O) groups is 1. The first-order chi connectivity index (χ1) is 5.22. The maximum absolute atomic E-state index is 10.9. The molecule has 0 aliphatic rings. The molecule has 1 unspecified atom stereocenters. The lowest BCUT2D eigenvalue weighted by molar-refractivity contribution is -0.122. The van der Waals surface area contributed by atoms with Crippen molar-refractivity contribution >= 4 is 5.78 Å². The van der Waals surface area contributed by atoms with Gasteiger partial charge in [0.1, 0.15) is 5.78 Å². The van der Waals surface area contributed by atoms with Crippen molar-refractivity contribution in [3.63, 3.8) is 0 Å². The molecule has 0 amide bonds. The van der Waals surface area contributed by atoms with Gasteiger partial charge in [0.05, 0.1) is 6.61 Å². The number of hydrogen-bond donors (Lipinski definition) is 1. The molecule has 0 aromatic heterocycles. The number of Topliss-reactive ketones (excluding diaryl/α,β-unsaturated/α-hetero) is 1. The Bertz CT molecular complexity index is 115. The molecule has 0 aliphatic carbocycles. The molecule has 0 aromatic rings. The van der Waals surface area contributed by atoms with Gasteiger partial charge in [-0.05, 0) is 26.9 Å². The maximum atomic E-state index is 10.9. The summed E-state index contributed by atoms with van der Waals surface area (Å²) in [6, 6.07) is 0. The van der Waals surface area contributed by atoms with Gasteiger partial charge >= 0.3 is 0 Å². The van der Waals surface area contributed by atoms with E-state index in [9.17, 15) is 4.79 Å². The topological polar surface area (TPSA) is 38.3 Å². The third-order valence-corrected chi connectivity index (χ3v) is 1.69. The lowest BCUT2D eigenvalue weighted by Gasteiger charge is -2.11. The zero-order valence-electron chi connectivity index (χ0n) is 7.52. The van der Waals surface area contributed by atoms with Gasteiger partial charge in [-0.1, -0.05) is 0 Å². The zero-order chi connectivity index (χ0) is 8.69. The summed E-state index contributed by atoms with van der Waals surface area (Å²) in [4.78, 5) is 10.9. The maximum Gasteiger partial charge on any atom is 0.135 e. The Morgan fingerprint density at radius 3 is 2.64 bits per heavy atom. The van der Waals surface area contributed by atoms with Crippen molar-refractivity contribution in [2.24, 2.45) is 5.92 Å². The van der Waals surface area contributed by atoms with E-state index in [1.165, 1.54) is 0 Å². The Morgan fingerprint density at radius 2 is 2.27 bits per heavy atom. The summed E-state index contributed by atoms with van der Waals surface area (Å²) in [7, 11) is 3.50. The Labute approximate surface area is 68.1 Å². The van der Waals surface area contributed by atoms with Crippen LogP contribution in [0.15, 0.2) is 0 Å². The number of ketones is 1. The Balaban J connectivity index is 3.60. The molecular formula is C8H17NO2. The van der Waals surface area contributed by atoms with Crippen LogP contribution < -0.4 is 5.32 Å². The first kappa shape index (κ1) is 10.6. The quantitative estimate of drug-likeness (QED) is 0.611. The molecule has 0 aliphatic heterocycles. The molecule has 0 aromatic carbocycles. The van der Waals surface area contributed by atoms with E-state index < -0.39 is 0 Å². The SMILES string of the molecule is CNCCC(COC)C(C)=O. The van der Waals surface area contributed by atoms with Gasteiger partial charge in [0, 0.05) is 13.0 Å². The molecule has 1 N–H and O–H groups in total. The third kappa shape index (κ3) is 4.93. The van der Waals surface area contributed by atoms with Crippen LogP contribution in [0.3, 0.4) is 0 Å². The van der Waals surface area contributed by atoms with Crippen LogP contribution in [0.2, 0.25) is 0 Å². The summed E-state index contributed by atoms with van der Waals surface area (Å²) in [5, 5.41) is 3.00. The minimum atomic E-state index is 0.0625. The van der Waals surface area contributed by atoms with Crippen molar-refractivity contribution < 1.29 is 9.53 Å². The Morgan fingerprint density at radius 1 is 1.64 bits per heavy atom. The molecule has 0 rings (SSSR count). The van der Waals surface area contributed by atoms with E-state index in [2.05, 4.69) is 5.32 Å². The molecule has 3 nitrogen and oxygen atoms in total. The summed E-state index contributed by atoms with van der Waals surface area (Å²) in [6.45, 7) is 3.02. The Kier molecular flexibility index (Phi) is 6.07. The second-order valence-corrected chi connectivity index (χ2v) is 2.66. The van der Waals surface area contributed by atoms with Gasteiger partial charge in [-0.25, -0.2) is 0 Å². The standard InChI is InChI=1S/C8H17NO2/c1-7(10)8(6-11-3)4-5-9-2/h8-9H,4-6H2,1-3H3. The van der Waals surface area contributed by atoms with Crippen molar-refractivity contribution in [1.82, 2.24) is 5.32 Å². The lowest BCUT2D eigenvalue weighted by atomic mass is 10.0. The second-order valence-electron chi connectivity index (χ2n) is 2.66. The summed E-state index contributed by atoms with van der Waals surface area (Å²) < 4.78 is 4.91. The van der Waals surface area contributed by atoms with Gasteiger partial charge in [-0.2, -0.15) is 0 Å². The number of hydrogen-bond acceptors (Lipinski definition) is 3. The minimum absolute atomic E-state index is 0.0625. The third-order valence-electron chi connectivity index (χ3n) is 1.69. The lowest BCUT2D eigenvalue weighted by Crippen LogP contribution is -2.22. The fraction of sp³-hybridized carbons (Fsp3) is 0.875. The average Bonchev–Trinajstić information content (AvgIpc) is 1.97. The molecule has 66 valence electrons. The Hall–Kier alpha value is -0.410. The molecule has 0 radical (unpaired) electrons. The zero-order valence-corrected chi connectivity index (χ0v) is 7.52. The smallest absolute Gasteiger partial charge is 0.135 e. The van der Waals surface area contributed by atoms with Crippen molar-refractivity contribution in [2.75, 3.05) is 27.3 Å². The highest BCUT2D eigenvalue weighted by atomic mass is 16.5. The van der Waals surface area contributed by atoms with Crippen LogP contribution >= 0.6 is 0 Å². The highest BCUT2D eigenvalue weighted by molar-refractivity contribution is 5.78. The second kappa shape index (κ2) is 6.31. The van der Waals surface area contributed by atoms with Crippen LogP contribution in [0.25, 0.3) is 0 Å². The van der Waals surface area contributed by atoms with E-state index in [0.29, 0.717) is 6.61 Å². The number of nitrogens with one attached hydrogen (secondary N) is 1. The summed E-state index contributed by atoms with van der Waals surface area (Å²) in [5.74, 6) is 0.273. The number of methoxy groups -OCH3 is 1. The van der Waals surface area contributed by atoms with E-state index in [-0.39, 0.29) is 11.7 Å². The first-order valence-corrected chi connectivity index (χ1v) is 3.86. The van der Waals surface area contributed by atoms with E-state index in [1.54, 1.807) is 14.0 Å². The molecule has 3 heteroatoms. The van der Waals surface area contributed by atoms with E-state index in [4.69, 9.17) is 4.74 Å². The van der Waals surface area contributed by atoms with Crippen LogP contribution in [-0.4, -0.2) is 33.1 Å². The minimum Gasteiger partial charge on any atom is -0.384 e. The van der Waals surface area contributed by atoms with Gasteiger partial charge in [-0.15, -0.1) is 0 Å². The molecule has 0 fully saturated rings. The summed E-state index contributed by atoms with van der Waals surface area (Å²) in [5.41, 5.74) is 0. The molecule has 0 heterocycles. The van der Waals surface area contributed by atoms with Gasteiger partial charge in [-0.3, -0.25) is 4.79 Å². The number of carbonyl (C=O) groups excluding carboxylic acids is 1. The van der Waals surface area contributed by atoms with Gasteiger partial charge < -0.3 is 10.1 Å². The van der Waals surface area contributed by atoms with Crippen molar-refractivity contribution in [1.29, 1.82) is 0 Å². The van der Waals surface area contributed by atoms with Crippen molar-refractivity contribution in [3.05, 3.63) is 0 Å². The van der Waals surface area contributed by atoms with Gasteiger partial charge in [0.2, 0.25) is 0 Å². The van der Waals surface area contributed by atoms with Crippen molar-refractivity contribution in [2.45, 2.75) is 13.3 Å². The van der Waals surface area contributed by atoms with Crippen LogP contribution in [0.1, 0.15) is 13.3 Å². The van der Waals surface area contributed by atoms with E-state index in [1.807, 2.05) is 7.05 Å². The van der Waals surface area contributed by atoms with Crippen molar-refractivity contribution in [3.8, 4) is 0 Å². The van der Waals surface area contributed by atoms with Gasteiger partial charge in [0.15, 0.2) is 0 Å². The fourth-order valence-electron chi connectivity index (χ4n) is 0.924. The van der Waals surface area contributed by atoms with Gasteiger partial charge in [0.25, 0.3) is 0 Å². The number of ether oxygens (including phenoxy) is 1. The molecule has 0 saturated heterocycles. The van der Waals surface area contributed by atoms with Crippen LogP contribution in [-0.2, 0) is 9.53 Å². The summed E-state index contributed by atoms with van der Waals surface area (Å²) in [6.07, 6.45) is 0.861. The molecule has 0 saturated carbocycles. The van der Waals surface area contributed by atoms with Crippen LogP contribution in [0.5, 0.6) is 0 Å². The van der Waals surface area contributed by atoms with E-state index >= 15 is 0 Å². The first-order valence-electron chi connectivity index (χ1n) is 3.86. The summed E-state index contributed by atoms with van der Waals surface area (Å²) >= 11 is 0. The van der Waals surface area contributed by atoms with Crippen LogP contribution in [0.4, 0.5) is 0 Å². The average molecular weight is 159 g/mol. The molecule has 0 bridgehead atoms. The number of rotatable bonds is 6. The normalized spacial score (nSPS) is 13.0. The molecule has 0 spiro atoms.